The van der Waals surface area contributed by atoms with Gasteiger partial charge in [0.2, 0.25) is 11.8 Å². The third-order valence-electron chi connectivity index (χ3n) is 10.7. The van der Waals surface area contributed by atoms with Crippen molar-refractivity contribution in [2.75, 3.05) is 13.1 Å². The van der Waals surface area contributed by atoms with Gasteiger partial charge >= 0.3 is 5.97 Å². The van der Waals surface area contributed by atoms with Crippen LogP contribution < -0.4 is 10.6 Å². The molecule has 2 saturated carbocycles. The molecule has 3 N–H and O–H groups in total. The predicted octanol–water partition coefficient (Wildman–Crippen LogP) is 8.92. The van der Waals surface area contributed by atoms with Crippen molar-refractivity contribution in [3.05, 3.63) is 126 Å². The first kappa shape index (κ1) is 51.0. The summed E-state index contributed by atoms with van der Waals surface area (Å²) in [6, 6.07) is 20.7. The Balaban J connectivity index is 0.000000183. The van der Waals surface area contributed by atoms with E-state index in [-0.39, 0.29) is 71.1 Å². The second kappa shape index (κ2) is 23.1. The number of aromatic nitrogens is 4. The summed E-state index contributed by atoms with van der Waals surface area (Å²) in [5, 5.41) is 24.4. The van der Waals surface area contributed by atoms with Crippen LogP contribution in [0.2, 0.25) is 10.0 Å². The van der Waals surface area contributed by atoms with Gasteiger partial charge in [-0.3, -0.25) is 38.1 Å². The highest BCUT2D eigenvalue weighted by atomic mass is 79.9. The first-order valence-corrected chi connectivity index (χ1v) is 23.5. The van der Waals surface area contributed by atoms with Crippen LogP contribution in [0.15, 0.2) is 81.7 Å². The van der Waals surface area contributed by atoms with E-state index in [2.05, 4.69) is 52.7 Å². The highest BCUT2D eigenvalue weighted by Crippen LogP contribution is 2.29. The number of carboxylic acid groups (broad SMARTS) is 1. The van der Waals surface area contributed by atoms with E-state index < -0.39 is 23.5 Å². The lowest BCUT2D eigenvalue weighted by Gasteiger charge is -2.22. The zero-order chi connectivity index (χ0) is 48.5. The number of nitrogens with one attached hydrogen (secondary N) is 2. The molecule has 0 aliphatic heterocycles. The van der Waals surface area contributed by atoms with Gasteiger partial charge in [0.05, 0.1) is 34.2 Å². The average molecular weight is 1090 g/mol. The largest absolute Gasteiger partial charge is 0.480 e. The molecule has 0 saturated heterocycles. The Bertz CT molecular complexity index is 2870. The molecule has 0 radical (unpaired) electrons. The van der Waals surface area contributed by atoms with Crippen molar-refractivity contribution in [3.63, 3.8) is 0 Å². The van der Waals surface area contributed by atoms with Crippen LogP contribution >= 0.6 is 55.1 Å². The van der Waals surface area contributed by atoms with Gasteiger partial charge in [0.1, 0.15) is 41.9 Å². The van der Waals surface area contributed by atoms with Crippen molar-refractivity contribution in [2.24, 2.45) is 0 Å². The molecule has 2 amide bonds. The lowest BCUT2D eigenvalue weighted by Crippen LogP contribution is -2.43. The number of hydrogen-bond acceptors (Lipinski definition) is 9. The van der Waals surface area contributed by atoms with Gasteiger partial charge in [-0.15, -0.1) is 0 Å². The minimum absolute atomic E-state index is 0.0139. The number of hydrogen-bond donors (Lipinski definition) is 3. The summed E-state index contributed by atoms with van der Waals surface area (Å²) in [6.45, 7) is 2.71. The van der Waals surface area contributed by atoms with Crippen LogP contribution in [0.1, 0.15) is 78.1 Å². The van der Waals surface area contributed by atoms with Crippen molar-refractivity contribution in [3.8, 4) is 0 Å². The summed E-state index contributed by atoms with van der Waals surface area (Å²) in [5.41, 5.74) is 2.67. The molecular weight excluding hydrogens is 1040 g/mol. The molecule has 2 fully saturated rings. The maximum atomic E-state index is 14.1. The fourth-order valence-electron chi connectivity index (χ4n) is 6.96. The number of benzene rings is 4. The van der Waals surface area contributed by atoms with Gasteiger partial charge in [0.25, 0.3) is 0 Å². The SMILES string of the molecule is CC(=O)c1nn(CC(=O)N(CC(=O)NCc2cccc(Cl)c2F)C2CC2)c2ccc(Br)cc12.CC(=O)c1nn(CC(=O)O)c2ccc(Br)cc12.O=C(CCc1cccc(Cl)c1F)CNC1CC1. The van der Waals surface area contributed by atoms with Crippen molar-refractivity contribution < 1.29 is 42.7 Å². The maximum absolute atomic E-state index is 14.1. The standard InChI is InChI=1S/C23H21BrClFN4O3.C13H15ClFNO.C11H9BrN2O3/c1-13(31)23-17-9-15(24)5-8-19(17)30(28-23)12-21(33)29(16-6-7-16)11-20(32)27-10-14-3-2-4-18(25)22(14)26;14-12-3-1-2-9(13(12)15)4-7-11(17)8-16-10-5-6-10;1-6(15)11-8-4-7(12)2-3-9(8)14(13-11)5-10(16)17/h2-5,8-9,16H,6-7,10-12H2,1H3,(H,27,32);1-3,10,16H,4-8H2;2-4H,5H2,1H3,(H,16,17). The normalized spacial score (nSPS) is 13.0. The van der Waals surface area contributed by atoms with Crippen LogP contribution in [-0.4, -0.2) is 89.9 Å². The Labute approximate surface area is 410 Å². The molecule has 0 unspecified atom stereocenters. The number of rotatable bonds is 17. The summed E-state index contributed by atoms with van der Waals surface area (Å²) < 4.78 is 32.0. The lowest BCUT2D eigenvalue weighted by atomic mass is 10.1. The maximum Gasteiger partial charge on any atom is 0.325 e. The minimum atomic E-state index is -0.993. The summed E-state index contributed by atoms with van der Waals surface area (Å²) in [5.74, 6) is -2.90. The molecular formula is C47H45Br2Cl2F2N7O7. The zero-order valence-electron chi connectivity index (χ0n) is 36.3. The number of carboxylic acids is 1. The Kier molecular flexibility index (Phi) is 17.6. The molecule has 20 heteroatoms. The summed E-state index contributed by atoms with van der Waals surface area (Å²) >= 11 is 18.2. The van der Waals surface area contributed by atoms with E-state index in [4.69, 9.17) is 28.3 Å². The quantitative estimate of drug-likeness (QED) is 0.0745. The van der Waals surface area contributed by atoms with Gasteiger partial charge < -0.3 is 20.6 Å². The number of carbonyl (C=O) groups is 6. The molecule has 67 heavy (non-hydrogen) atoms. The highest BCUT2D eigenvalue weighted by molar-refractivity contribution is 9.10. The van der Waals surface area contributed by atoms with E-state index in [1.165, 1.54) is 40.2 Å². The monoisotopic (exact) mass is 1090 g/mol. The molecule has 0 bridgehead atoms. The van der Waals surface area contributed by atoms with Crippen LogP contribution in [0.5, 0.6) is 0 Å². The summed E-state index contributed by atoms with van der Waals surface area (Å²) in [7, 11) is 0. The number of aryl methyl sites for hydroxylation is 1. The molecule has 2 aliphatic rings. The number of carbonyl (C=O) groups excluding carboxylic acids is 5. The van der Waals surface area contributed by atoms with Gasteiger partial charge in [-0.1, -0.05) is 79.3 Å². The average Bonchev–Trinajstić information content (AvgIpc) is 4.22. The summed E-state index contributed by atoms with van der Waals surface area (Å²) in [4.78, 5) is 72.8. The van der Waals surface area contributed by atoms with E-state index in [0.717, 1.165) is 34.6 Å². The fraction of sp³-hybridized carbons (Fsp3) is 0.319. The molecule has 352 valence electrons. The van der Waals surface area contributed by atoms with Gasteiger partial charge in [0.15, 0.2) is 11.6 Å². The minimum Gasteiger partial charge on any atom is -0.480 e. The Hall–Kier alpha value is -5.40. The van der Waals surface area contributed by atoms with E-state index in [0.29, 0.717) is 64.2 Å². The van der Waals surface area contributed by atoms with Crippen LogP contribution in [-0.2, 0) is 45.2 Å². The van der Waals surface area contributed by atoms with Gasteiger partial charge in [-0.2, -0.15) is 10.2 Å². The Morgan fingerprint density at radius 3 is 1.79 bits per heavy atom. The Morgan fingerprint density at radius 1 is 0.761 bits per heavy atom. The third-order valence-corrected chi connectivity index (χ3v) is 12.2. The molecule has 4 aromatic carbocycles. The lowest BCUT2D eigenvalue weighted by molar-refractivity contribution is -0.138. The first-order valence-electron chi connectivity index (χ1n) is 21.1. The third kappa shape index (κ3) is 14.1. The molecule has 6 aromatic rings. The molecule has 2 aliphatic carbocycles. The predicted molar refractivity (Wildman–Crippen MR) is 256 cm³/mol. The molecule has 0 spiro atoms. The van der Waals surface area contributed by atoms with E-state index in [1.54, 1.807) is 54.6 Å². The van der Waals surface area contributed by atoms with Crippen molar-refractivity contribution in [1.82, 2.24) is 35.1 Å². The number of aliphatic carboxylic acids is 1. The van der Waals surface area contributed by atoms with E-state index >= 15 is 0 Å². The number of halogens is 6. The van der Waals surface area contributed by atoms with Crippen molar-refractivity contribution >= 4 is 112 Å². The van der Waals surface area contributed by atoms with Crippen LogP contribution in [0.4, 0.5) is 8.78 Å². The number of amides is 2. The smallest absolute Gasteiger partial charge is 0.325 e. The van der Waals surface area contributed by atoms with Gasteiger partial charge in [-0.25, -0.2) is 8.78 Å². The molecule has 0 atom stereocenters. The molecule has 14 nitrogen and oxygen atoms in total. The zero-order valence-corrected chi connectivity index (χ0v) is 40.9. The number of nitrogens with zero attached hydrogens (tertiary/aromatic N) is 5. The van der Waals surface area contributed by atoms with Crippen molar-refractivity contribution in [2.45, 2.75) is 84.1 Å². The second-order valence-electron chi connectivity index (χ2n) is 16.0. The topological polar surface area (TPSA) is 186 Å². The van der Waals surface area contributed by atoms with E-state index in [1.807, 2.05) is 6.07 Å². The van der Waals surface area contributed by atoms with E-state index in [9.17, 15) is 37.5 Å². The van der Waals surface area contributed by atoms with Gasteiger partial charge in [-0.05, 0) is 86.2 Å². The highest BCUT2D eigenvalue weighted by Gasteiger charge is 2.34. The number of ketones is 3. The van der Waals surface area contributed by atoms with Crippen molar-refractivity contribution in [1.29, 1.82) is 0 Å². The molecule has 2 heterocycles. The first-order chi connectivity index (χ1) is 31.9. The van der Waals surface area contributed by atoms with Crippen LogP contribution in [0, 0.1) is 11.6 Å². The van der Waals surface area contributed by atoms with Gasteiger partial charge in [0, 0.05) is 64.2 Å². The van der Waals surface area contributed by atoms with Crippen LogP contribution in [0.25, 0.3) is 21.8 Å². The molecule has 2 aromatic heterocycles. The number of fused-ring (bicyclic) bond motifs is 2. The Morgan fingerprint density at radius 2 is 1.28 bits per heavy atom. The molecule has 8 rings (SSSR count). The second-order valence-corrected chi connectivity index (χ2v) is 18.6. The number of Topliss-reactive ketones (excluding diaryl/α,β-unsaturated/α-hetero) is 3. The fourth-order valence-corrected chi connectivity index (χ4v) is 8.07. The summed E-state index contributed by atoms with van der Waals surface area (Å²) in [6.07, 6.45) is 4.72. The van der Waals surface area contributed by atoms with Crippen LogP contribution in [0.3, 0.4) is 0 Å².